The monoisotopic (exact) mass is 420 g/mol. The summed E-state index contributed by atoms with van der Waals surface area (Å²) in [5.41, 5.74) is 0. The van der Waals surface area contributed by atoms with Crippen molar-refractivity contribution >= 4 is 23.5 Å². The summed E-state index contributed by atoms with van der Waals surface area (Å²) in [6.45, 7) is -0.943. The third-order valence-electron chi connectivity index (χ3n) is 2.53. The first-order valence-electron chi connectivity index (χ1n) is 5.80. The number of phosphoric acid groups is 3. The second-order valence-corrected chi connectivity index (χ2v) is 8.39. The Bertz CT molecular complexity index is 566. The van der Waals surface area contributed by atoms with Crippen LogP contribution in [0.2, 0.25) is 0 Å². The van der Waals surface area contributed by atoms with E-state index in [9.17, 15) is 28.8 Å². The molecular weight excluding hydrogens is 405 g/mol. The highest BCUT2D eigenvalue weighted by atomic mass is 31.3. The number of aliphatic hydroxyl groups excluding tert-OH is 3. The number of ether oxygens (including phenoxy) is 1. The first kappa shape index (κ1) is 22.3. The van der Waals surface area contributed by atoms with Gasteiger partial charge in [-0.05, 0) is 0 Å². The molecule has 24 heavy (non-hydrogen) atoms. The van der Waals surface area contributed by atoms with Crippen LogP contribution in [0, 0.1) is 0 Å². The number of aliphatic hydroxyl groups is 3. The molecule has 1 aliphatic heterocycles. The SMILES string of the molecule is O=P(O)(O)O[C@H]1O[C@H](CO)[C@@H](O)[C@H](O)[C@H]1OP(=O)(O)OP(=O)(O)O. The van der Waals surface area contributed by atoms with Crippen LogP contribution in [0.25, 0.3) is 0 Å². The minimum atomic E-state index is -5.59. The molecule has 0 radical (unpaired) electrons. The average molecular weight is 420 g/mol. The summed E-state index contributed by atoms with van der Waals surface area (Å²) in [5, 5.41) is 28.4. The topological polar surface area (TPSA) is 250 Å². The zero-order valence-corrected chi connectivity index (χ0v) is 14.1. The Kier molecular flexibility index (Phi) is 7.27. The van der Waals surface area contributed by atoms with E-state index in [0.29, 0.717) is 0 Å². The standard InChI is InChI=1S/C6H15O15P3/c7-1-2-3(8)4(9)5(6(18-2)20-22(10,11)12)19-24(16,17)21-23(13,14)15/h2-9H,1H2,(H,16,17)(H2,10,11,12)(H2,13,14,15)/t2-,3-,4+,5-,6-/m1/s1. The first-order chi connectivity index (χ1) is 10.7. The van der Waals surface area contributed by atoms with Gasteiger partial charge in [-0.1, -0.05) is 0 Å². The van der Waals surface area contributed by atoms with Gasteiger partial charge >= 0.3 is 23.5 Å². The molecule has 1 saturated heterocycles. The van der Waals surface area contributed by atoms with E-state index in [4.69, 9.17) is 29.4 Å². The second kappa shape index (κ2) is 7.84. The fourth-order valence-corrected chi connectivity index (χ4v) is 3.90. The molecule has 1 heterocycles. The lowest BCUT2D eigenvalue weighted by Crippen LogP contribution is -2.59. The minimum Gasteiger partial charge on any atom is -0.394 e. The number of hydrogen-bond acceptors (Lipinski definition) is 10. The third-order valence-corrected chi connectivity index (χ3v) is 5.20. The molecule has 0 spiro atoms. The Morgan fingerprint density at radius 1 is 0.875 bits per heavy atom. The van der Waals surface area contributed by atoms with Gasteiger partial charge in [0.15, 0.2) is 6.29 Å². The van der Waals surface area contributed by atoms with Gasteiger partial charge in [0, 0.05) is 0 Å². The van der Waals surface area contributed by atoms with Crippen molar-refractivity contribution in [2.24, 2.45) is 0 Å². The van der Waals surface area contributed by atoms with Crippen molar-refractivity contribution < 1.29 is 71.6 Å². The van der Waals surface area contributed by atoms with E-state index < -0.39 is 60.8 Å². The van der Waals surface area contributed by atoms with Gasteiger partial charge in [-0.2, -0.15) is 4.31 Å². The third kappa shape index (κ3) is 6.84. The van der Waals surface area contributed by atoms with E-state index in [1.807, 2.05) is 0 Å². The molecule has 1 aliphatic rings. The maximum atomic E-state index is 11.5. The fourth-order valence-electron chi connectivity index (χ4n) is 1.70. The summed E-state index contributed by atoms with van der Waals surface area (Å²) in [4.78, 5) is 43.7. The Labute approximate surface area is 133 Å². The molecule has 0 aliphatic carbocycles. The molecule has 0 amide bonds. The molecule has 1 rings (SSSR count). The zero-order valence-electron chi connectivity index (χ0n) is 11.4. The van der Waals surface area contributed by atoms with Crippen molar-refractivity contribution in [3.8, 4) is 0 Å². The van der Waals surface area contributed by atoms with E-state index >= 15 is 0 Å². The number of phosphoric ester groups is 2. The molecule has 1 unspecified atom stereocenters. The van der Waals surface area contributed by atoms with E-state index in [1.165, 1.54) is 0 Å². The molecule has 1 fully saturated rings. The molecule has 15 nitrogen and oxygen atoms in total. The van der Waals surface area contributed by atoms with Crippen molar-refractivity contribution in [2.45, 2.75) is 30.7 Å². The fraction of sp³-hybridized carbons (Fsp3) is 1.00. The highest BCUT2D eigenvalue weighted by Crippen LogP contribution is 2.59. The molecule has 6 atom stereocenters. The average Bonchev–Trinajstić information content (AvgIpc) is 2.33. The van der Waals surface area contributed by atoms with Crippen LogP contribution in [-0.2, 0) is 31.8 Å². The predicted molar refractivity (Wildman–Crippen MR) is 68.7 cm³/mol. The summed E-state index contributed by atoms with van der Waals surface area (Å²) in [7, 11) is -16.4. The molecule has 0 bridgehead atoms. The second-order valence-electron chi connectivity index (χ2n) is 4.41. The van der Waals surface area contributed by atoms with Crippen molar-refractivity contribution in [3.05, 3.63) is 0 Å². The van der Waals surface area contributed by atoms with Gasteiger partial charge < -0.3 is 44.5 Å². The van der Waals surface area contributed by atoms with Crippen molar-refractivity contribution in [1.29, 1.82) is 0 Å². The van der Waals surface area contributed by atoms with Crippen LogP contribution in [0.15, 0.2) is 0 Å². The summed E-state index contributed by atoms with van der Waals surface area (Å²) < 4.78 is 49.3. The van der Waals surface area contributed by atoms with Gasteiger partial charge in [-0.15, -0.1) is 0 Å². The summed E-state index contributed by atoms with van der Waals surface area (Å²) in [5.74, 6) is 0. The summed E-state index contributed by atoms with van der Waals surface area (Å²) >= 11 is 0. The Hall–Kier alpha value is 0.210. The molecule has 18 heteroatoms. The minimum absolute atomic E-state index is 0.943. The zero-order chi connectivity index (χ0) is 18.9. The van der Waals surface area contributed by atoms with Crippen LogP contribution in [0.4, 0.5) is 0 Å². The van der Waals surface area contributed by atoms with E-state index in [-0.39, 0.29) is 0 Å². The summed E-state index contributed by atoms with van der Waals surface area (Å²) in [6.07, 6.45) is -10.4. The van der Waals surface area contributed by atoms with Crippen molar-refractivity contribution in [2.75, 3.05) is 6.61 Å². The first-order valence-corrected chi connectivity index (χ1v) is 10.4. The maximum Gasteiger partial charge on any atom is 0.481 e. The molecule has 0 aromatic carbocycles. The van der Waals surface area contributed by atoms with E-state index in [2.05, 4.69) is 13.4 Å². The van der Waals surface area contributed by atoms with Crippen LogP contribution >= 0.6 is 23.5 Å². The van der Waals surface area contributed by atoms with Crippen LogP contribution in [0.3, 0.4) is 0 Å². The van der Waals surface area contributed by atoms with Crippen LogP contribution in [-0.4, -0.2) is 77.1 Å². The Morgan fingerprint density at radius 3 is 1.83 bits per heavy atom. The van der Waals surface area contributed by atoms with Crippen molar-refractivity contribution in [3.63, 3.8) is 0 Å². The molecule has 0 saturated carbocycles. The van der Waals surface area contributed by atoms with Gasteiger partial charge in [0.1, 0.15) is 24.4 Å². The van der Waals surface area contributed by atoms with E-state index in [0.717, 1.165) is 0 Å². The highest BCUT2D eigenvalue weighted by molar-refractivity contribution is 7.60. The molecule has 0 aromatic heterocycles. The smallest absolute Gasteiger partial charge is 0.394 e. The van der Waals surface area contributed by atoms with Gasteiger partial charge in [0.2, 0.25) is 0 Å². The predicted octanol–water partition coefficient (Wildman–Crippen LogP) is -2.87. The van der Waals surface area contributed by atoms with Gasteiger partial charge in [-0.25, -0.2) is 13.7 Å². The molecule has 8 N–H and O–H groups in total. The lowest BCUT2D eigenvalue weighted by atomic mass is 9.99. The molecular formula is C6H15O15P3. The van der Waals surface area contributed by atoms with Crippen LogP contribution in [0.5, 0.6) is 0 Å². The van der Waals surface area contributed by atoms with Crippen LogP contribution < -0.4 is 0 Å². The van der Waals surface area contributed by atoms with Gasteiger partial charge in [-0.3, -0.25) is 9.05 Å². The lowest BCUT2D eigenvalue weighted by molar-refractivity contribution is -0.276. The number of hydrogen-bond donors (Lipinski definition) is 8. The highest BCUT2D eigenvalue weighted by Gasteiger charge is 2.51. The van der Waals surface area contributed by atoms with E-state index in [1.54, 1.807) is 0 Å². The maximum absolute atomic E-state index is 11.5. The largest absolute Gasteiger partial charge is 0.481 e. The lowest BCUT2D eigenvalue weighted by Gasteiger charge is -2.41. The normalized spacial score (nSPS) is 34.8. The molecule has 144 valence electrons. The van der Waals surface area contributed by atoms with Gasteiger partial charge in [0.25, 0.3) is 0 Å². The molecule has 0 aromatic rings. The quantitative estimate of drug-likeness (QED) is 0.193. The Balaban J connectivity index is 3.06. The van der Waals surface area contributed by atoms with Crippen molar-refractivity contribution in [1.82, 2.24) is 0 Å². The van der Waals surface area contributed by atoms with Crippen LogP contribution in [0.1, 0.15) is 0 Å². The summed E-state index contributed by atoms with van der Waals surface area (Å²) in [6, 6.07) is 0. The Morgan fingerprint density at radius 2 is 1.42 bits per heavy atom. The van der Waals surface area contributed by atoms with Gasteiger partial charge in [0.05, 0.1) is 6.61 Å². The number of rotatable bonds is 7.